The summed E-state index contributed by atoms with van der Waals surface area (Å²) in [6.07, 6.45) is 5.62. The van der Waals surface area contributed by atoms with Crippen molar-refractivity contribution in [2.75, 3.05) is 0 Å². The molecule has 134 valence electrons. The minimum atomic E-state index is -1.77. The SMILES string of the molecule is C[C@]12CC[C@]3(O)[C@@H](C(=O)CC4CC(O)C=C[C@@]43C)[C@@H]1CCC2(N)F. The minimum absolute atomic E-state index is 0.0242. The molecule has 0 bridgehead atoms. The maximum Gasteiger partial charge on any atom is 0.164 e. The van der Waals surface area contributed by atoms with Crippen LogP contribution in [0.5, 0.6) is 0 Å². The van der Waals surface area contributed by atoms with Crippen molar-refractivity contribution in [1.29, 1.82) is 0 Å². The third-order valence-electron chi connectivity index (χ3n) is 8.30. The number of aliphatic hydroxyl groups excluding tert-OH is 1. The first kappa shape index (κ1) is 16.7. The number of rotatable bonds is 0. The summed E-state index contributed by atoms with van der Waals surface area (Å²) in [6.45, 7) is 3.86. The molecule has 4 nitrogen and oxygen atoms in total. The van der Waals surface area contributed by atoms with Crippen LogP contribution in [0, 0.1) is 28.6 Å². The molecule has 4 aliphatic rings. The van der Waals surface area contributed by atoms with E-state index in [1.807, 2.05) is 19.9 Å². The van der Waals surface area contributed by atoms with Gasteiger partial charge in [0.15, 0.2) is 5.79 Å². The highest BCUT2D eigenvalue weighted by atomic mass is 19.1. The molecule has 5 heteroatoms. The predicted octanol–water partition coefficient (Wildman–Crippen LogP) is 2.08. The Morgan fingerprint density at radius 1 is 1.29 bits per heavy atom. The van der Waals surface area contributed by atoms with Crippen LogP contribution in [-0.4, -0.2) is 33.5 Å². The molecule has 3 saturated carbocycles. The largest absolute Gasteiger partial charge is 0.389 e. The van der Waals surface area contributed by atoms with Gasteiger partial charge in [0, 0.05) is 17.3 Å². The number of carbonyl (C=O) groups is 1. The number of carbonyl (C=O) groups excluding carboxylic acids is 1. The summed E-state index contributed by atoms with van der Waals surface area (Å²) in [4.78, 5) is 13.0. The zero-order chi connectivity index (χ0) is 17.5. The van der Waals surface area contributed by atoms with Crippen LogP contribution in [0.3, 0.4) is 0 Å². The fourth-order valence-electron chi connectivity index (χ4n) is 6.46. The molecule has 0 amide bonds. The Balaban J connectivity index is 1.81. The molecule has 0 heterocycles. The van der Waals surface area contributed by atoms with E-state index in [1.165, 1.54) is 0 Å². The summed E-state index contributed by atoms with van der Waals surface area (Å²) >= 11 is 0. The Morgan fingerprint density at radius 3 is 2.71 bits per heavy atom. The summed E-state index contributed by atoms with van der Waals surface area (Å²) in [7, 11) is 0. The quantitative estimate of drug-likeness (QED) is 0.467. The van der Waals surface area contributed by atoms with Crippen LogP contribution in [0.2, 0.25) is 0 Å². The van der Waals surface area contributed by atoms with Crippen LogP contribution in [0.4, 0.5) is 4.39 Å². The molecule has 0 aliphatic heterocycles. The minimum Gasteiger partial charge on any atom is -0.389 e. The first-order chi connectivity index (χ1) is 11.1. The highest BCUT2D eigenvalue weighted by molar-refractivity contribution is 5.85. The summed E-state index contributed by atoms with van der Waals surface area (Å²) in [5, 5.41) is 21.7. The number of hydrogen-bond acceptors (Lipinski definition) is 4. The number of aliphatic hydroxyl groups is 2. The lowest BCUT2D eigenvalue weighted by molar-refractivity contribution is -0.215. The summed E-state index contributed by atoms with van der Waals surface area (Å²) in [6, 6.07) is 0. The maximum absolute atomic E-state index is 15.0. The van der Waals surface area contributed by atoms with Gasteiger partial charge in [-0.3, -0.25) is 10.5 Å². The second kappa shape index (κ2) is 4.68. The molecule has 24 heavy (non-hydrogen) atoms. The molecule has 3 fully saturated rings. The lowest BCUT2D eigenvalue weighted by atomic mass is 9.43. The second-order valence-corrected chi connectivity index (χ2v) is 9.14. The van der Waals surface area contributed by atoms with Gasteiger partial charge >= 0.3 is 0 Å². The normalized spacial score (nSPS) is 59.7. The van der Waals surface area contributed by atoms with E-state index in [0.29, 0.717) is 32.1 Å². The maximum atomic E-state index is 15.0. The van der Waals surface area contributed by atoms with Gasteiger partial charge in [0.2, 0.25) is 0 Å². The van der Waals surface area contributed by atoms with E-state index in [1.54, 1.807) is 6.08 Å². The molecule has 3 unspecified atom stereocenters. The molecule has 4 N–H and O–H groups in total. The topological polar surface area (TPSA) is 83.5 Å². The van der Waals surface area contributed by atoms with Gasteiger partial charge < -0.3 is 10.2 Å². The number of ketones is 1. The van der Waals surface area contributed by atoms with E-state index in [-0.39, 0.29) is 24.0 Å². The first-order valence-corrected chi connectivity index (χ1v) is 9.15. The Hall–Kier alpha value is -0.780. The van der Waals surface area contributed by atoms with Crippen molar-refractivity contribution in [3.63, 3.8) is 0 Å². The van der Waals surface area contributed by atoms with E-state index >= 15 is 0 Å². The average molecular weight is 337 g/mol. The van der Waals surface area contributed by atoms with Gasteiger partial charge in [0.1, 0.15) is 5.78 Å². The highest BCUT2D eigenvalue weighted by Gasteiger charge is 2.71. The first-order valence-electron chi connectivity index (χ1n) is 9.15. The summed E-state index contributed by atoms with van der Waals surface area (Å²) < 4.78 is 15.0. The fraction of sp³-hybridized carbons (Fsp3) is 0.842. The smallest absolute Gasteiger partial charge is 0.164 e. The lowest BCUT2D eigenvalue weighted by Crippen LogP contribution is -2.68. The van der Waals surface area contributed by atoms with Crippen LogP contribution >= 0.6 is 0 Å². The van der Waals surface area contributed by atoms with Crippen molar-refractivity contribution in [3.8, 4) is 0 Å². The van der Waals surface area contributed by atoms with Crippen molar-refractivity contribution in [2.45, 2.75) is 69.9 Å². The van der Waals surface area contributed by atoms with Crippen LogP contribution in [0.1, 0.15) is 52.4 Å². The zero-order valence-electron chi connectivity index (χ0n) is 14.5. The molecule has 0 radical (unpaired) electrons. The third kappa shape index (κ3) is 1.76. The monoisotopic (exact) mass is 337 g/mol. The Labute approximate surface area is 142 Å². The van der Waals surface area contributed by atoms with E-state index in [9.17, 15) is 19.4 Å². The Kier molecular flexibility index (Phi) is 3.25. The van der Waals surface area contributed by atoms with Gasteiger partial charge in [0.05, 0.1) is 17.6 Å². The van der Waals surface area contributed by atoms with Crippen molar-refractivity contribution in [3.05, 3.63) is 12.2 Å². The van der Waals surface area contributed by atoms with Gasteiger partial charge in [0.25, 0.3) is 0 Å². The molecule has 0 aromatic heterocycles. The molecular formula is C19H28FNO3. The second-order valence-electron chi connectivity index (χ2n) is 9.14. The number of nitrogens with two attached hydrogens (primary N) is 1. The van der Waals surface area contributed by atoms with E-state index in [0.717, 1.165) is 0 Å². The van der Waals surface area contributed by atoms with Crippen LogP contribution in [0.15, 0.2) is 12.2 Å². The Morgan fingerprint density at radius 2 is 2.00 bits per heavy atom. The molecule has 0 aromatic carbocycles. The zero-order valence-corrected chi connectivity index (χ0v) is 14.5. The Bertz CT molecular complexity index is 620. The van der Waals surface area contributed by atoms with Crippen LogP contribution in [-0.2, 0) is 4.79 Å². The molecule has 8 atom stereocenters. The van der Waals surface area contributed by atoms with Gasteiger partial charge in [-0.15, -0.1) is 0 Å². The molecule has 4 rings (SSSR count). The van der Waals surface area contributed by atoms with Gasteiger partial charge in [-0.2, -0.15) is 0 Å². The molecular weight excluding hydrogens is 309 g/mol. The highest BCUT2D eigenvalue weighted by Crippen LogP contribution is 2.67. The van der Waals surface area contributed by atoms with Crippen molar-refractivity contribution in [1.82, 2.24) is 0 Å². The van der Waals surface area contributed by atoms with Gasteiger partial charge in [-0.25, -0.2) is 4.39 Å². The van der Waals surface area contributed by atoms with E-state index in [2.05, 4.69) is 0 Å². The van der Waals surface area contributed by atoms with Crippen molar-refractivity contribution < 1.29 is 19.4 Å². The standard InChI is InChI=1S/C19H28FNO3/c1-16-5-3-12(22)9-11(16)10-14(23)15-13-4-6-19(20,21)17(13,2)7-8-18(15,16)24/h3,5,11-13,15,22,24H,4,6-10,21H2,1-2H3/t11?,12?,13-,15+,16-,17-,18-,19?/m0/s1. The molecule has 0 saturated heterocycles. The van der Waals surface area contributed by atoms with Crippen molar-refractivity contribution in [2.24, 2.45) is 34.3 Å². The number of Topliss-reactive ketones (excluding diaryl/α,β-unsaturated/α-hetero) is 1. The molecule has 4 aliphatic carbocycles. The molecule has 0 spiro atoms. The number of halogens is 1. The van der Waals surface area contributed by atoms with Gasteiger partial charge in [-0.1, -0.05) is 26.0 Å². The average Bonchev–Trinajstić information content (AvgIpc) is 2.73. The number of fused-ring (bicyclic) bond motifs is 5. The van der Waals surface area contributed by atoms with E-state index in [4.69, 9.17) is 5.73 Å². The number of hydrogen-bond donors (Lipinski definition) is 3. The van der Waals surface area contributed by atoms with Crippen molar-refractivity contribution >= 4 is 5.78 Å². The van der Waals surface area contributed by atoms with E-state index < -0.39 is 34.2 Å². The fourth-order valence-corrected chi connectivity index (χ4v) is 6.46. The van der Waals surface area contributed by atoms with Crippen LogP contribution < -0.4 is 5.73 Å². The van der Waals surface area contributed by atoms with Gasteiger partial charge in [-0.05, 0) is 43.9 Å². The number of alkyl halides is 1. The predicted molar refractivity (Wildman–Crippen MR) is 87.5 cm³/mol. The summed E-state index contributed by atoms with van der Waals surface area (Å²) in [5.74, 6) is -2.58. The summed E-state index contributed by atoms with van der Waals surface area (Å²) in [5.41, 5.74) is 3.48. The molecule has 0 aromatic rings. The third-order valence-corrected chi connectivity index (χ3v) is 8.30. The van der Waals surface area contributed by atoms with Crippen LogP contribution in [0.25, 0.3) is 0 Å². The lowest BCUT2D eigenvalue weighted by Gasteiger charge is -2.63.